The van der Waals surface area contributed by atoms with Crippen molar-refractivity contribution in [3.63, 3.8) is 0 Å². The summed E-state index contributed by atoms with van der Waals surface area (Å²) < 4.78 is 38.4. The smallest absolute Gasteiger partial charge is 0.420 e. The first-order valence-corrected chi connectivity index (χ1v) is 19.1. The molecule has 2 aliphatic carbocycles. The molecule has 0 radical (unpaired) electrons. The van der Waals surface area contributed by atoms with E-state index in [1.165, 1.54) is 38.5 Å². The first kappa shape index (κ1) is 21.3. The molecule has 0 bridgehead atoms. The van der Waals surface area contributed by atoms with Gasteiger partial charge in [0.15, 0.2) is 0 Å². The highest BCUT2D eigenvalue weighted by molar-refractivity contribution is 6.82. The lowest BCUT2D eigenvalue weighted by Gasteiger charge is -2.43. The molecule has 3 aliphatic rings. The van der Waals surface area contributed by atoms with Crippen molar-refractivity contribution in [2.24, 2.45) is 0 Å². The first-order valence-electron chi connectivity index (χ1n) is 10.4. The quantitative estimate of drug-likeness (QED) is 0.628. The Balaban J connectivity index is 1.71. The molecule has 0 aromatic heterocycles. The van der Waals surface area contributed by atoms with Gasteiger partial charge in [-0.1, -0.05) is 38.5 Å². The summed E-state index contributed by atoms with van der Waals surface area (Å²) in [6, 6.07) is 0. The van der Waals surface area contributed by atoms with Crippen LogP contribution in [0.25, 0.3) is 0 Å². The minimum absolute atomic E-state index is 0.239. The lowest BCUT2D eigenvalue weighted by Crippen LogP contribution is -2.63. The minimum Gasteiger partial charge on any atom is -0.420 e. The molecule has 6 nitrogen and oxygen atoms in total. The van der Waals surface area contributed by atoms with Gasteiger partial charge in [0.25, 0.3) is 0 Å². The highest BCUT2D eigenvalue weighted by Crippen LogP contribution is 2.32. The summed E-state index contributed by atoms with van der Waals surface area (Å²) in [6.07, 6.45) is 12.4. The van der Waals surface area contributed by atoms with Crippen LogP contribution in [0, 0.1) is 0 Å². The molecular formula is C16H36O6Si4. The largest absolute Gasteiger partial charge is 0.481 e. The average molecular weight is 437 g/mol. The molecule has 0 amide bonds. The van der Waals surface area contributed by atoms with Gasteiger partial charge in [0.1, 0.15) is 0 Å². The molecular weight excluding hydrogens is 401 g/mol. The van der Waals surface area contributed by atoms with Gasteiger partial charge in [0.2, 0.25) is 0 Å². The van der Waals surface area contributed by atoms with Crippen LogP contribution < -0.4 is 0 Å². The summed E-state index contributed by atoms with van der Waals surface area (Å²) in [5.41, 5.74) is 0. The van der Waals surface area contributed by atoms with E-state index in [0.717, 1.165) is 25.7 Å². The molecule has 2 saturated carbocycles. The lowest BCUT2D eigenvalue weighted by molar-refractivity contribution is 0.0242. The Morgan fingerprint density at radius 3 is 1.46 bits per heavy atom. The van der Waals surface area contributed by atoms with Crippen LogP contribution in [-0.2, 0) is 25.3 Å². The Hall–Kier alpha value is 0.628. The Labute approximate surface area is 164 Å². The van der Waals surface area contributed by atoms with E-state index in [0.29, 0.717) is 0 Å². The van der Waals surface area contributed by atoms with Crippen molar-refractivity contribution in [3.05, 3.63) is 0 Å². The predicted molar refractivity (Wildman–Crippen MR) is 110 cm³/mol. The Kier molecular flexibility index (Phi) is 7.73. The molecule has 3 fully saturated rings. The van der Waals surface area contributed by atoms with Crippen molar-refractivity contribution in [1.82, 2.24) is 0 Å². The molecule has 0 aromatic rings. The number of hydrogen-bond donors (Lipinski definition) is 0. The van der Waals surface area contributed by atoms with Crippen LogP contribution in [0.4, 0.5) is 0 Å². The summed E-state index contributed by atoms with van der Waals surface area (Å²) in [6.45, 7) is 8.14. The summed E-state index contributed by atoms with van der Waals surface area (Å²) in [4.78, 5) is 0. The van der Waals surface area contributed by atoms with Gasteiger partial charge < -0.3 is 25.3 Å². The zero-order valence-corrected chi connectivity index (χ0v) is 21.1. The van der Waals surface area contributed by atoms with Crippen molar-refractivity contribution in [3.8, 4) is 0 Å². The maximum absolute atomic E-state index is 6.59. The molecule has 152 valence electrons. The van der Waals surface area contributed by atoms with Gasteiger partial charge in [-0.2, -0.15) is 0 Å². The summed E-state index contributed by atoms with van der Waals surface area (Å²) in [7, 11) is -9.32. The highest BCUT2D eigenvalue weighted by atomic mass is 28.5. The van der Waals surface area contributed by atoms with E-state index in [1.54, 1.807) is 0 Å². The van der Waals surface area contributed by atoms with Crippen LogP contribution in [0.2, 0.25) is 26.2 Å². The van der Waals surface area contributed by atoms with E-state index in [2.05, 4.69) is 13.1 Å². The molecule has 3 rings (SSSR count). The molecule has 1 aliphatic heterocycles. The van der Waals surface area contributed by atoms with Crippen molar-refractivity contribution >= 4 is 36.2 Å². The Bertz CT molecular complexity index is 410. The summed E-state index contributed by atoms with van der Waals surface area (Å²) in [5, 5.41) is 0. The van der Waals surface area contributed by atoms with Crippen LogP contribution in [0.1, 0.15) is 64.2 Å². The molecule has 0 aromatic carbocycles. The van der Waals surface area contributed by atoms with Crippen LogP contribution in [0.5, 0.6) is 0 Å². The average Bonchev–Trinajstić information content (AvgIpc) is 2.54. The van der Waals surface area contributed by atoms with Gasteiger partial charge in [0.05, 0.1) is 0 Å². The van der Waals surface area contributed by atoms with Crippen molar-refractivity contribution < 1.29 is 25.3 Å². The minimum atomic E-state index is -2.85. The molecule has 10 heteroatoms. The van der Waals surface area contributed by atoms with Crippen LogP contribution >= 0.6 is 0 Å². The van der Waals surface area contributed by atoms with Gasteiger partial charge in [-0.3, -0.25) is 0 Å². The molecule has 0 N–H and O–H groups in total. The molecule has 4 unspecified atom stereocenters. The van der Waals surface area contributed by atoms with E-state index in [4.69, 9.17) is 25.3 Å². The maximum atomic E-state index is 6.59. The Morgan fingerprint density at radius 1 is 0.692 bits per heavy atom. The topological polar surface area (TPSA) is 55.4 Å². The van der Waals surface area contributed by atoms with Gasteiger partial charge in [0, 0.05) is 25.3 Å². The second-order valence-corrected chi connectivity index (χ2v) is 18.1. The summed E-state index contributed by atoms with van der Waals surface area (Å²) in [5.74, 6) is 0. The first-order chi connectivity index (χ1) is 12.4. The third kappa shape index (κ3) is 6.32. The fourth-order valence-electron chi connectivity index (χ4n) is 4.39. The predicted octanol–water partition coefficient (Wildman–Crippen LogP) is 3.60. The van der Waals surface area contributed by atoms with Crippen LogP contribution in [-0.4, -0.2) is 48.4 Å². The summed E-state index contributed by atoms with van der Waals surface area (Å²) >= 11 is 0. The van der Waals surface area contributed by atoms with E-state index in [1.807, 2.05) is 13.1 Å². The zero-order valence-electron chi connectivity index (χ0n) is 16.8. The van der Waals surface area contributed by atoms with Crippen molar-refractivity contribution in [2.45, 2.75) is 103 Å². The van der Waals surface area contributed by atoms with E-state index in [9.17, 15) is 0 Å². The number of hydrogen-bond acceptors (Lipinski definition) is 6. The molecule has 0 spiro atoms. The SMILES string of the molecule is C[SiH]1O[SiH](C)O[Si](C)(OC2CCCCC2)O[Si](C)(OC2CCCCC2)O1. The van der Waals surface area contributed by atoms with E-state index < -0.39 is 36.2 Å². The second-order valence-electron chi connectivity index (χ2n) is 8.09. The van der Waals surface area contributed by atoms with Gasteiger partial charge >= 0.3 is 36.2 Å². The fourth-order valence-corrected chi connectivity index (χ4v) is 19.3. The standard InChI is InChI=1S/C16H36O6Si4/c1-23-19-24(2)21-26(4,18-16-13-9-6-10-14-16)22-25(3,20-23)17-15-11-7-5-8-12-15/h15-16,23-24H,5-14H2,1-4H3. The van der Waals surface area contributed by atoms with Crippen LogP contribution in [0.3, 0.4) is 0 Å². The van der Waals surface area contributed by atoms with Gasteiger partial charge in [-0.25, -0.2) is 0 Å². The van der Waals surface area contributed by atoms with Crippen molar-refractivity contribution in [1.29, 1.82) is 0 Å². The van der Waals surface area contributed by atoms with E-state index in [-0.39, 0.29) is 12.2 Å². The monoisotopic (exact) mass is 436 g/mol. The third-order valence-electron chi connectivity index (χ3n) is 5.38. The second kappa shape index (κ2) is 9.42. The van der Waals surface area contributed by atoms with E-state index >= 15 is 0 Å². The zero-order chi connectivity index (χ0) is 18.6. The molecule has 26 heavy (non-hydrogen) atoms. The highest BCUT2D eigenvalue weighted by Gasteiger charge is 2.53. The Morgan fingerprint density at radius 2 is 1.08 bits per heavy atom. The molecule has 1 saturated heterocycles. The van der Waals surface area contributed by atoms with Gasteiger partial charge in [-0.05, 0) is 38.8 Å². The lowest BCUT2D eigenvalue weighted by atomic mass is 9.98. The fraction of sp³-hybridized carbons (Fsp3) is 1.00. The van der Waals surface area contributed by atoms with Crippen LogP contribution in [0.15, 0.2) is 0 Å². The number of rotatable bonds is 4. The van der Waals surface area contributed by atoms with Gasteiger partial charge in [-0.15, -0.1) is 0 Å². The normalized spacial score (nSPS) is 41.5. The third-order valence-corrected chi connectivity index (χ3v) is 19.0. The molecule has 1 heterocycles. The maximum Gasteiger partial charge on any atom is 0.481 e. The van der Waals surface area contributed by atoms with Crippen molar-refractivity contribution in [2.75, 3.05) is 0 Å². The molecule has 4 atom stereocenters.